The normalized spacial score (nSPS) is 11.0. The van der Waals surface area contributed by atoms with E-state index in [1.807, 2.05) is 6.07 Å². The molecule has 0 aliphatic carbocycles. The first kappa shape index (κ1) is 19.9. The monoisotopic (exact) mass is 444 g/mol. The minimum Gasteiger partial charge on any atom is -0.356 e. The number of benzene rings is 1. The van der Waals surface area contributed by atoms with Gasteiger partial charge in [0.2, 0.25) is 0 Å². The zero-order valence-electron chi connectivity index (χ0n) is 13.9. The Balaban J connectivity index is 0.00000264. The van der Waals surface area contributed by atoms with Gasteiger partial charge in [0.25, 0.3) is 0 Å². The van der Waals surface area contributed by atoms with E-state index < -0.39 is 0 Å². The standard InChI is InChI=1S/C17H24N4S.HI/c1-13-16(22-14(2)21-13)10-12-20-17(18-3)19-11-9-15-7-5-4-6-8-15;/h4-8H,9-12H2,1-3H3,(H2,18,19,20);1H. The first-order chi connectivity index (χ1) is 10.7. The maximum Gasteiger partial charge on any atom is 0.190 e. The molecule has 0 amide bonds. The third-order valence-corrected chi connectivity index (χ3v) is 4.55. The molecule has 23 heavy (non-hydrogen) atoms. The van der Waals surface area contributed by atoms with Crippen molar-refractivity contribution in [3.05, 3.63) is 51.5 Å². The van der Waals surface area contributed by atoms with Crippen LogP contribution in [0.5, 0.6) is 0 Å². The lowest BCUT2D eigenvalue weighted by Crippen LogP contribution is -2.39. The Labute approximate surface area is 159 Å². The summed E-state index contributed by atoms with van der Waals surface area (Å²) < 4.78 is 0. The van der Waals surface area contributed by atoms with E-state index in [0.29, 0.717) is 0 Å². The molecule has 2 N–H and O–H groups in total. The van der Waals surface area contributed by atoms with Gasteiger partial charge in [0, 0.05) is 31.4 Å². The Morgan fingerprint density at radius 2 is 1.74 bits per heavy atom. The summed E-state index contributed by atoms with van der Waals surface area (Å²) in [5, 5.41) is 7.85. The van der Waals surface area contributed by atoms with Crippen molar-refractivity contribution < 1.29 is 0 Å². The summed E-state index contributed by atoms with van der Waals surface area (Å²) in [5.74, 6) is 0.856. The topological polar surface area (TPSA) is 49.3 Å². The molecule has 0 aliphatic rings. The number of nitrogens with one attached hydrogen (secondary N) is 2. The van der Waals surface area contributed by atoms with Crippen LogP contribution in [0.25, 0.3) is 0 Å². The number of hydrogen-bond acceptors (Lipinski definition) is 3. The number of aromatic nitrogens is 1. The second-order valence-corrected chi connectivity index (χ2v) is 6.44. The van der Waals surface area contributed by atoms with Crippen LogP contribution in [-0.4, -0.2) is 31.1 Å². The van der Waals surface area contributed by atoms with Crippen molar-refractivity contribution in [3.8, 4) is 0 Å². The number of halogens is 1. The quantitative estimate of drug-likeness (QED) is 0.408. The van der Waals surface area contributed by atoms with Gasteiger partial charge < -0.3 is 10.6 Å². The van der Waals surface area contributed by atoms with Crippen molar-refractivity contribution in [2.24, 2.45) is 4.99 Å². The van der Waals surface area contributed by atoms with E-state index in [1.165, 1.54) is 10.4 Å². The summed E-state index contributed by atoms with van der Waals surface area (Å²) in [7, 11) is 1.81. The van der Waals surface area contributed by atoms with Gasteiger partial charge in [0.05, 0.1) is 10.7 Å². The Kier molecular flexibility index (Phi) is 9.16. The molecule has 0 fully saturated rings. The van der Waals surface area contributed by atoms with Gasteiger partial charge in [-0.05, 0) is 25.8 Å². The number of thiazole rings is 1. The van der Waals surface area contributed by atoms with Crippen molar-refractivity contribution in [1.82, 2.24) is 15.6 Å². The average molecular weight is 444 g/mol. The molecule has 0 spiro atoms. The third kappa shape index (κ3) is 6.87. The van der Waals surface area contributed by atoms with E-state index in [9.17, 15) is 0 Å². The summed E-state index contributed by atoms with van der Waals surface area (Å²) in [6.45, 7) is 5.88. The van der Waals surface area contributed by atoms with Crippen molar-refractivity contribution in [2.45, 2.75) is 26.7 Å². The zero-order chi connectivity index (χ0) is 15.8. The Morgan fingerprint density at radius 3 is 2.30 bits per heavy atom. The molecule has 126 valence electrons. The summed E-state index contributed by atoms with van der Waals surface area (Å²) in [6.07, 6.45) is 1.98. The van der Waals surface area contributed by atoms with Crippen LogP contribution >= 0.6 is 35.3 Å². The van der Waals surface area contributed by atoms with Gasteiger partial charge in [-0.15, -0.1) is 35.3 Å². The number of nitrogens with zero attached hydrogens (tertiary/aromatic N) is 2. The minimum atomic E-state index is 0. The minimum absolute atomic E-state index is 0. The highest BCUT2D eigenvalue weighted by Gasteiger charge is 2.05. The molecule has 1 aromatic carbocycles. The molecule has 0 saturated carbocycles. The molecule has 4 nitrogen and oxygen atoms in total. The number of aliphatic imine (C=N–C) groups is 1. The molecule has 0 bridgehead atoms. The average Bonchev–Trinajstić information content (AvgIpc) is 2.84. The van der Waals surface area contributed by atoms with E-state index in [1.54, 1.807) is 18.4 Å². The van der Waals surface area contributed by atoms with E-state index in [4.69, 9.17) is 0 Å². The van der Waals surface area contributed by atoms with Crippen molar-refractivity contribution in [1.29, 1.82) is 0 Å². The van der Waals surface area contributed by atoms with Crippen LogP contribution in [0.4, 0.5) is 0 Å². The fraction of sp³-hybridized carbons (Fsp3) is 0.412. The maximum atomic E-state index is 4.46. The van der Waals surface area contributed by atoms with Gasteiger partial charge in [-0.2, -0.15) is 0 Å². The van der Waals surface area contributed by atoms with Gasteiger partial charge in [-0.25, -0.2) is 4.98 Å². The number of guanidine groups is 1. The van der Waals surface area contributed by atoms with Crippen LogP contribution in [0, 0.1) is 13.8 Å². The van der Waals surface area contributed by atoms with Gasteiger partial charge >= 0.3 is 0 Å². The van der Waals surface area contributed by atoms with Crippen LogP contribution in [0.1, 0.15) is 21.1 Å². The van der Waals surface area contributed by atoms with Gasteiger partial charge in [-0.3, -0.25) is 4.99 Å². The lowest BCUT2D eigenvalue weighted by atomic mass is 10.1. The Morgan fingerprint density at radius 1 is 1.09 bits per heavy atom. The SMILES string of the molecule is CN=C(NCCc1ccccc1)NCCc1sc(C)nc1C.I. The molecular formula is C17H25IN4S. The van der Waals surface area contributed by atoms with Gasteiger partial charge in [0.1, 0.15) is 0 Å². The van der Waals surface area contributed by atoms with Crippen LogP contribution in [0.2, 0.25) is 0 Å². The van der Waals surface area contributed by atoms with E-state index in [0.717, 1.165) is 42.6 Å². The van der Waals surface area contributed by atoms with Crippen molar-refractivity contribution in [3.63, 3.8) is 0 Å². The number of hydrogen-bond donors (Lipinski definition) is 2. The molecule has 2 rings (SSSR count). The van der Waals surface area contributed by atoms with Crippen LogP contribution in [0.15, 0.2) is 35.3 Å². The predicted octanol–water partition coefficient (Wildman–Crippen LogP) is 3.33. The molecule has 0 radical (unpaired) electrons. The zero-order valence-corrected chi connectivity index (χ0v) is 17.1. The summed E-state index contributed by atoms with van der Waals surface area (Å²) in [6, 6.07) is 10.5. The van der Waals surface area contributed by atoms with E-state index >= 15 is 0 Å². The summed E-state index contributed by atoms with van der Waals surface area (Å²) in [5.41, 5.74) is 2.48. The highest BCUT2D eigenvalue weighted by molar-refractivity contribution is 14.0. The first-order valence-corrected chi connectivity index (χ1v) is 8.42. The number of rotatable bonds is 6. The number of aryl methyl sites for hydroxylation is 2. The van der Waals surface area contributed by atoms with Gasteiger partial charge in [-0.1, -0.05) is 30.3 Å². The Bertz CT molecular complexity index is 610. The van der Waals surface area contributed by atoms with Crippen molar-refractivity contribution >= 4 is 41.3 Å². The summed E-state index contributed by atoms with van der Waals surface area (Å²) >= 11 is 1.78. The smallest absolute Gasteiger partial charge is 0.190 e. The molecule has 6 heteroatoms. The Hall–Kier alpha value is -1.15. The molecule has 0 saturated heterocycles. The predicted molar refractivity (Wildman–Crippen MR) is 110 cm³/mol. The molecule has 0 unspecified atom stereocenters. The van der Waals surface area contributed by atoms with Crippen LogP contribution in [-0.2, 0) is 12.8 Å². The second-order valence-electron chi connectivity index (χ2n) is 5.15. The van der Waals surface area contributed by atoms with E-state index in [-0.39, 0.29) is 24.0 Å². The highest BCUT2D eigenvalue weighted by Crippen LogP contribution is 2.16. The lowest BCUT2D eigenvalue weighted by Gasteiger charge is -2.11. The highest BCUT2D eigenvalue weighted by atomic mass is 127. The first-order valence-electron chi connectivity index (χ1n) is 7.60. The molecule has 0 atom stereocenters. The second kappa shape index (κ2) is 10.6. The van der Waals surface area contributed by atoms with Crippen molar-refractivity contribution in [2.75, 3.05) is 20.1 Å². The molecule has 1 heterocycles. The summed E-state index contributed by atoms with van der Waals surface area (Å²) in [4.78, 5) is 10.1. The maximum absolute atomic E-state index is 4.46. The molecule has 0 aliphatic heterocycles. The fourth-order valence-corrected chi connectivity index (χ4v) is 3.23. The largest absolute Gasteiger partial charge is 0.356 e. The molecule has 2 aromatic rings. The molecule has 1 aromatic heterocycles. The fourth-order valence-electron chi connectivity index (χ4n) is 2.29. The van der Waals surface area contributed by atoms with Gasteiger partial charge in [0.15, 0.2) is 5.96 Å². The third-order valence-electron chi connectivity index (χ3n) is 3.42. The van der Waals surface area contributed by atoms with Crippen LogP contribution < -0.4 is 10.6 Å². The lowest BCUT2D eigenvalue weighted by molar-refractivity contribution is 0.785. The molecular weight excluding hydrogens is 419 g/mol. The van der Waals surface area contributed by atoms with E-state index in [2.05, 4.69) is 58.7 Å². The van der Waals surface area contributed by atoms with Crippen LogP contribution in [0.3, 0.4) is 0 Å².